The number of imidazole rings is 1. The second kappa shape index (κ2) is 6.91. The Hall–Kier alpha value is -0.920. The van der Waals surface area contributed by atoms with Crippen LogP contribution < -0.4 is 0 Å². The maximum Gasteiger partial charge on any atom is 0.214 e. The van der Waals surface area contributed by atoms with Crippen LogP contribution in [0.15, 0.2) is 12.5 Å². The van der Waals surface area contributed by atoms with E-state index < -0.39 is 10.0 Å². The number of nitrogens with zero attached hydrogens (tertiary/aromatic N) is 4. The highest BCUT2D eigenvalue weighted by atomic mass is 32.2. The Balaban J connectivity index is 1.65. The minimum Gasteiger partial charge on any atom is -0.340 e. The standard InChI is InChI=1S/C19H34N4O2S/c1-16(2)12-26(24,25)23-14-19(13-18(23,3)4)6-8-22(9-7-19)11-17-10-21(5)15-20-17/h10,15-16H,6-9,11-14H2,1-5H3. The molecule has 0 atom stereocenters. The molecule has 26 heavy (non-hydrogen) atoms. The second-order valence-electron chi connectivity index (χ2n) is 9.47. The number of piperidine rings is 1. The number of likely N-dealkylation sites (tertiary alicyclic amines) is 1. The van der Waals surface area contributed by atoms with E-state index in [1.165, 1.54) is 0 Å². The molecule has 0 aromatic carbocycles. The van der Waals surface area contributed by atoms with Gasteiger partial charge in [-0.2, -0.15) is 4.31 Å². The van der Waals surface area contributed by atoms with Crippen molar-refractivity contribution in [2.75, 3.05) is 25.4 Å². The predicted octanol–water partition coefficient (Wildman–Crippen LogP) is 2.47. The van der Waals surface area contributed by atoms with Crippen LogP contribution in [0.2, 0.25) is 0 Å². The van der Waals surface area contributed by atoms with Gasteiger partial charge in [-0.3, -0.25) is 4.90 Å². The van der Waals surface area contributed by atoms with Gasteiger partial charge in [-0.15, -0.1) is 0 Å². The lowest BCUT2D eigenvalue weighted by Crippen LogP contribution is -2.45. The lowest BCUT2D eigenvalue weighted by molar-refractivity contribution is 0.106. The number of aromatic nitrogens is 2. The van der Waals surface area contributed by atoms with Crippen LogP contribution in [0.25, 0.3) is 0 Å². The first-order valence-corrected chi connectivity index (χ1v) is 11.3. The van der Waals surface area contributed by atoms with Gasteiger partial charge < -0.3 is 4.57 Å². The zero-order valence-corrected chi connectivity index (χ0v) is 17.7. The first-order valence-electron chi connectivity index (χ1n) is 9.71. The predicted molar refractivity (Wildman–Crippen MR) is 104 cm³/mol. The molecule has 0 aliphatic carbocycles. The van der Waals surface area contributed by atoms with Crippen LogP contribution in [-0.4, -0.2) is 58.1 Å². The van der Waals surface area contributed by atoms with E-state index >= 15 is 0 Å². The summed E-state index contributed by atoms with van der Waals surface area (Å²) in [6.45, 7) is 11.8. The van der Waals surface area contributed by atoms with E-state index in [9.17, 15) is 8.42 Å². The summed E-state index contributed by atoms with van der Waals surface area (Å²) >= 11 is 0. The molecule has 0 unspecified atom stereocenters. The molecular weight excluding hydrogens is 348 g/mol. The van der Waals surface area contributed by atoms with E-state index in [-0.39, 0.29) is 22.6 Å². The maximum atomic E-state index is 12.9. The molecule has 2 aliphatic heterocycles. The summed E-state index contributed by atoms with van der Waals surface area (Å²) in [5.74, 6) is 0.408. The first-order chi connectivity index (χ1) is 12.0. The lowest BCUT2D eigenvalue weighted by atomic mass is 9.74. The van der Waals surface area contributed by atoms with Crippen LogP contribution in [-0.2, 0) is 23.6 Å². The van der Waals surface area contributed by atoms with Crippen LogP contribution in [0.4, 0.5) is 0 Å². The number of sulfonamides is 1. The average Bonchev–Trinajstić information content (AvgIpc) is 3.02. The molecule has 0 bridgehead atoms. The fourth-order valence-corrected chi connectivity index (χ4v) is 7.18. The molecular formula is C19H34N4O2S. The summed E-state index contributed by atoms with van der Waals surface area (Å²) in [6.07, 6.45) is 7.02. The van der Waals surface area contributed by atoms with E-state index in [2.05, 4.69) is 29.9 Å². The lowest BCUT2D eigenvalue weighted by Gasteiger charge is -2.39. The normalized spacial score (nSPS) is 23.9. The van der Waals surface area contributed by atoms with Crippen LogP contribution >= 0.6 is 0 Å². The average molecular weight is 383 g/mol. The van der Waals surface area contributed by atoms with Crippen molar-refractivity contribution < 1.29 is 8.42 Å². The molecule has 148 valence electrons. The zero-order valence-electron chi connectivity index (χ0n) is 16.9. The maximum absolute atomic E-state index is 12.9. The minimum atomic E-state index is -3.19. The van der Waals surface area contributed by atoms with Crippen molar-refractivity contribution in [1.29, 1.82) is 0 Å². The molecule has 1 spiro atoms. The van der Waals surface area contributed by atoms with Crippen molar-refractivity contribution in [2.24, 2.45) is 18.4 Å². The zero-order chi connectivity index (χ0) is 19.2. The minimum absolute atomic E-state index is 0.133. The van der Waals surface area contributed by atoms with Crippen molar-refractivity contribution in [3.05, 3.63) is 18.2 Å². The molecule has 6 nitrogen and oxygen atoms in total. The van der Waals surface area contributed by atoms with E-state index in [0.29, 0.717) is 6.54 Å². The van der Waals surface area contributed by atoms with Gasteiger partial charge in [0.05, 0.1) is 17.8 Å². The van der Waals surface area contributed by atoms with Gasteiger partial charge in [-0.1, -0.05) is 13.8 Å². The van der Waals surface area contributed by atoms with E-state index in [1.54, 1.807) is 0 Å². The van der Waals surface area contributed by atoms with Gasteiger partial charge in [-0.25, -0.2) is 13.4 Å². The topological polar surface area (TPSA) is 58.4 Å². The Kier molecular flexibility index (Phi) is 5.27. The third-order valence-corrected chi connectivity index (χ3v) is 8.29. The molecule has 1 aromatic heterocycles. The molecule has 2 saturated heterocycles. The Bertz CT molecular complexity index is 730. The van der Waals surface area contributed by atoms with Crippen molar-refractivity contribution in [1.82, 2.24) is 18.8 Å². The van der Waals surface area contributed by atoms with Crippen LogP contribution in [0.3, 0.4) is 0 Å². The Morgan fingerprint density at radius 2 is 1.88 bits per heavy atom. The van der Waals surface area contributed by atoms with Gasteiger partial charge in [0.1, 0.15) is 0 Å². The van der Waals surface area contributed by atoms with E-state index in [0.717, 1.165) is 44.6 Å². The quantitative estimate of drug-likeness (QED) is 0.785. The summed E-state index contributed by atoms with van der Waals surface area (Å²) in [5, 5.41) is 0. The highest BCUT2D eigenvalue weighted by molar-refractivity contribution is 7.89. The van der Waals surface area contributed by atoms with Crippen LogP contribution in [0.5, 0.6) is 0 Å². The number of hydrogen-bond donors (Lipinski definition) is 0. The van der Waals surface area contributed by atoms with Crippen molar-refractivity contribution in [2.45, 2.75) is 59.0 Å². The molecule has 0 amide bonds. The van der Waals surface area contributed by atoms with E-state index in [4.69, 9.17) is 0 Å². The van der Waals surface area contributed by atoms with Crippen molar-refractivity contribution >= 4 is 10.0 Å². The summed E-state index contributed by atoms with van der Waals surface area (Å²) in [7, 11) is -1.20. The van der Waals surface area contributed by atoms with Gasteiger partial charge in [-0.05, 0) is 57.5 Å². The second-order valence-corrected chi connectivity index (χ2v) is 11.4. The fourth-order valence-electron chi connectivity index (χ4n) is 4.86. The molecule has 0 N–H and O–H groups in total. The molecule has 7 heteroatoms. The number of rotatable bonds is 5. The summed E-state index contributed by atoms with van der Waals surface area (Å²) in [6, 6.07) is 0. The first kappa shape index (κ1) is 19.8. The fraction of sp³-hybridized carbons (Fsp3) is 0.842. The van der Waals surface area contributed by atoms with Gasteiger partial charge in [0.25, 0.3) is 0 Å². The number of hydrogen-bond acceptors (Lipinski definition) is 4. The van der Waals surface area contributed by atoms with Crippen molar-refractivity contribution in [3.8, 4) is 0 Å². The Morgan fingerprint density at radius 1 is 1.23 bits per heavy atom. The van der Waals surface area contributed by atoms with Gasteiger partial charge in [0, 0.05) is 31.9 Å². The molecule has 2 aliphatic rings. The highest BCUT2D eigenvalue weighted by Gasteiger charge is 2.53. The summed E-state index contributed by atoms with van der Waals surface area (Å²) in [4.78, 5) is 6.88. The summed E-state index contributed by atoms with van der Waals surface area (Å²) in [5.41, 5.74) is 0.960. The van der Waals surface area contributed by atoms with Crippen molar-refractivity contribution in [3.63, 3.8) is 0 Å². The third-order valence-electron chi connectivity index (χ3n) is 5.90. The van der Waals surface area contributed by atoms with Gasteiger partial charge in [0.2, 0.25) is 10.0 Å². The van der Waals surface area contributed by atoms with Crippen LogP contribution in [0, 0.1) is 11.3 Å². The Labute approximate surface area is 158 Å². The monoisotopic (exact) mass is 382 g/mol. The molecule has 0 radical (unpaired) electrons. The van der Waals surface area contributed by atoms with Gasteiger partial charge >= 0.3 is 0 Å². The number of aryl methyl sites for hydroxylation is 1. The summed E-state index contributed by atoms with van der Waals surface area (Å²) < 4.78 is 29.6. The highest BCUT2D eigenvalue weighted by Crippen LogP contribution is 2.49. The Morgan fingerprint density at radius 3 is 2.42 bits per heavy atom. The largest absolute Gasteiger partial charge is 0.340 e. The molecule has 2 fully saturated rings. The van der Waals surface area contributed by atoms with E-state index in [1.807, 2.05) is 36.1 Å². The third kappa shape index (κ3) is 4.15. The van der Waals surface area contributed by atoms with Crippen LogP contribution in [0.1, 0.15) is 52.7 Å². The molecule has 0 saturated carbocycles. The molecule has 1 aromatic rings. The molecule has 3 rings (SSSR count). The smallest absolute Gasteiger partial charge is 0.214 e. The SMILES string of the molecule is CC(C)CS(=O)(=O)N1CC2(CCN(Cc3cn(C)cn3)CC2)CC1(C)C. The molecule has 3 heterocycles. The van der Waals surface area contributed by atoms with Gasteiger partial charge in [0.15, 0.2) is 0 Å².